The van der Waals surface area contributed by atoms with Crippen LogP contribution in [0.1, 0.15) is 64.0 Å². The second-order valence-electron chi connectivity index (χ2n) is 6.64. The number of H-pyrrole nitrogens is 1. The van der Waals surface area contributed by atoms with Crippen molar-refractivity contribution in [3.63, 3.8) is 0 Å². The van der Waals surface area contributed by atoms with Crippen molar-refractivity contribution in [2.75, 3.05) is 13.1 Å². The Kier molecular flexibility index (Phi) is 6.75. The van der Waals surface area contributed by atoms with Gasteiger partial charge in [-0.1, -0.05) is 38.1 Å². The van der Waals surface area contributed by atoms with E-state index in [1.807, 2.05) is 19.1 Å². The summed E-state index contributed by atoms with van der Waals surface area (Å²) in [5.41, 5.74) is 4.84. The summed E-state index contributed by atoms with van der Waals surface area (Å²) in [6.07, 6.45) is 0. The molecule has 0 saturated carbocycles. The molecule has 0 radical (unpaired) electrons. The summed E-state index contributed by atoms with van der Waals surface area (Å²) in [5, 5.41) is 2.93. The summed E-state index contributed by atoms with van der Waals surface area (Å²) < 4.78 is 0. The smallest absolute Gasteiger partial charge is 0.268 e. The van der Waals surface area contributed by atoms with E-state index >= 15 is 0 Å². The van der Waals surface area contributed by atoms with Gasteiger partial charge in [-0.3, -0.25) is 14.5 Å². The number of amides is 1. The Morgan fingerprint density at radius 1 is 1.04 bits per heavy atom. The zero-order valence-electron chi connectivity index (χ0n) is 16.4. The van der Waals surface area contributed by atoms with E-state index in [4.69, 9.17) is 0 Å². The van der Waals surface area contributed by atoms with Gasteiger partial charge in [0, 0.05) is 24.3 Å². The summed E-state index contributed by atoms with van der Waals surface area (Å²) in [6.45, 7) is 12.9. The predicted molar refractivity (Wildman–Crippen MR) is 105 cm³/mol. The minimum Gasteiger partial charge on any atom is -0.354 e. The number of hydrogen-bond acceptors (Lipinski definition) is 3. The van der Waals surface area contributed by atoms with E-state index in [9.17, 15) is 9.59 Å². The van der Waals surface area contributed by atoms with E-state index in [1.165, 1.54) is 12.5 Å². The molecule has 2 aromatic rings. The minimum atomic E-state index is -0.190. The standard InChI is InChI=1S/C21H29N3O2/c1-6-24(7-2)13-18-10-8-17(9-11-18)12-22-21(26)20-14(3)19(16(5)25)15(4)23-20/h8-11,23H,6-7,12-13H2,1-5H3,(H,22,26). The molecule has 0 aliphatic carbocycles. The van der Waals surface area contributed by atoms with Crippen molar-refractivity contribution in [3.8, 4) is 0 Å². The average molecular weight is 355 g/mol. The van der Waals surface area contributed by atoms with Gasteiger partial charge in [-0.15, -0.1) is 0 Å². The quantitative estimate of drug-likeness (QED) is 0.711. The van der Waals surface area contributed by atoms with Crippen LogP contribution in [0.15, 0.2) is 24.3 Å². The van der Waals surface area contributed by atoms with Crippen LogP contribution in [-0.2, 0) is 13.1 Å². The number of rotatable bonds is 8. The molecule has 1 heterocycles. The van der Waals surface area contributed by atoms with Crippen LogP contribution in [0.25, 0.3) is 0 Å². The lowest BCUT2D eigenvalue weighted by Gasteiger charge is -2.18. The van der Waals surface area contributed by atoms with Crippen molar-refractivity contribution in [1.29, 1.82) is 0 Å². The molecule has 0 saturated heterocycles. The number of carbonyl (C=O) groups excluding carboxylic acids is 2. The molecule has 2 rings (SSSR count). The van der Waals surface area contributed by atoms with Crippen LogP contribution in [0.2, 0.25) is 0 Å². The highest BCUT2D eigenvalue weighted by molar-refractivity contribution is 6.02. The SMILES string of the molecule is CCN(CC)Cc1ccc(CNC(=O)c2[nH]c(C)c(C(C)=O)c2C)cc1. The number of aryl methyl sites for hydroxylation is 1. The number of carbonyl (C=O) groups is 2. The minimum absolute atomic E-state index is 0.0286. The van der Waals surface area contributed by atoms with Crippen molar-refractivity contribution in [2.24, 2.45) is 0 Å². The number of hydrogen-bond donors (Lipinski definition) is 2. The summed E-state index contributed by atoms with van der Waals surface area (Å²) in [5.74, 6) is -0.218. The fraction of sp³-hybridized carbons (Fsp3) is 0.429. The predicted octanol–water partition coefficient (Wildman–Crippen LogP) is 3.61. The summed E-state index contributed by atoms with van der Waals surface area (Å²) in [6, 6.07) is 8.31. The van der Waals surface area contributed by atoms with Crippen LogP contribution in [0.4, 0.5) is 0 Å². The molecule has 0 fully saturated rings. The van der Waals surface area contributed by atoms with Crippen molar-refractivity contribution >= 4 is 11.7 Å². The maximum absolute atomic E-state index is 12.5. The molecule has 26 heavy (non-hydrogen) atoms. The normalized spacial score (nSPS) is 11.0. The van der Waals surface area contributed by atoms with Gasteiger partial charge in [0.2, 0.25) is 0 Å². The van der Waals surface area contributed by atoms with Crippen molar-refractivity contribution < 1.29 is 9.59 Å². The van der Waals surface area contributed by atoms with Crippen molar-refractivity contribution in [3.05, 3.63) is 57.9 Å². The molecule has 2 N–H and O–H groups in total. The number of benzene rings is 1. The molecular formula is C21H29N3O2. The molecular weight excluding hydrogens is 326 g/mol. The second-order valence-corrected chi connectivity index (χ2v) is 6.64. The Bertz CT molecular complexity index is 771. The van der Waals surface area contributed by atoms with Gasteiger partial charge in [-0.25, -0.2) is 0 Å². The van der Waals surface area contributed by atoms with Crippen LogP contribution >= 0.6 is 0 Å². The lowest BCUT2D eigenvalue weighted by atomic mass is 10.1. The largest absolute Gasteiger partial charge is 0.354 e. The lowest BCUT2D eigenvalue weighted by Crippen LogP contribution is -2.24. The average Bonchev–Trinajstić information content (AvgIpc) is 2.93. The van der Waals surface area contributed by atoms with Crippen LogP contribution in [0, 0.1) is 13.8 Å². The fourth-order valence-electron chi connectivity index (χ4n) is 3.24. The van der Waals surface area contributed by atoms with Gasteiger partial charge in [0.25, 0.3) is 5.91 Å². The zero-order chi connectivity index (χ0) is 19.3. The van der Waals surface area contributed by atoms with Gasteiger partial charge < -0.3 is 10.3 Å². The third kappa shape index (κ3) is 4.61. The zero-order valence-corrected chi connectivity index (χ0v) is 16.4. The first kappa shape index (κ1) is 19.9. The third-order valence-electron chi connectivity index (χ3n) is 4.79. The second kappa shape index (κ2) is 8.81. The number of Topliss-reactive ketones (excluding diaryl/α,β-unsaturated/α-hetero) is 1. The molecule has 1 amide bonds. The Labute approximate surface area is 155 Å². The van der Waals surface area contributed by atoms with E-state index in [0.29, 0.717) is 23.4 Å². The Balaban J connectivity index is 2.00. The number of ketones is 1. The molecule has 0 aliphatic rings. The van der Waals surface area contributed by atoms with Gasteiger partial charge >= 0.3 is 0 Å². The highest BCUT2D eigenvalue weighted by Gasteiger charge is 2.19. The van der Waals surface area contributed by atoms with E-state index in [2.05, 4.69) is 41.2 Å². The Morgan fingerprint density at radius 2 is 1.62 bits per heavy atom. The first-order chi connectivity index (χ1) is 12.4. The van der Waals surface area contributed by atoms with Crippen molar-refractivity contribution in [1.82, 2.24) is 15.2 Å². The molecule has 5 heteroatoms. The first-order valence-corrected chi connectivity index (χ1v) is 9.15. The molecule has 140 valence electrons. The highest BCUT2D eigenvalue weighted by Crippen LogP contribution is 2.18. The molecule has 0 atom stereocenters. The van der Waals surface area contributed by atoms with Gasteiger partial charge in [0.05, 0.1) is 0 Å². The van der Waals surface area contributed by atoms with Crippen LogP contribution in [0.3, 0.4) is 0 Å². The van der Waals surface area contributed by atoms with Crippen LogP contribution in [-0.4, -0.2) is 34.7 Å². The summed E-state index contributed by atoms with van der Waals surface area (Å²) in [7, 11) is 0. The van der Waals surface area contributed by atoms with Gasteiger partial charge in [-0.2, -0.15) is 0 Å². The molecule has 5 nitrogen and oxygen atoms in total. The van der Waals surface area contributed by atoms with Crippen LogP contribution < -0.4 is 5.32 Å². The van der Waals surface area contributed by atoms with Crippen LogP contribution in [0.5, 0.6) is 0 Å². The fourth-order valence-corrected chi connectivity index (χ4v) is 3.24. The third-order valence-corrected chi connectivity index (χ3v) is 4.79. The molecule has 0 spiro atoms. The Hall–Kier alpha value is -2.40. The lowest BCUT2D eigenvalue weighted by molar-refractivity contribution is 0.0945. The summed E-state index contributed by atoms with van der Waals surface area (Å²) in [4.78, 5) is 29.6. The maximum Gasteiger partial charge on any atom is 0.268 e. The van der Waals surface area contributed by atoms with E-state index in [1.54, 1.807) is 6.92 Å². The van der Waals surface area contributed by atoms with E-state index in [-0.39, 0.29) is 11.7 Å². The number of nitrogens with one attached hydrogen (secondary N) is 2. The monoisotopic (exact) mass is 355 g/mol. The van der Waals surface area contributed by atoms with E-state index in [0.717, 1.165) is 30.9 Å². The topological polar surface area (TPSA) is 65.2 Å². The molecule has 1 aromatic heterocycles. The van der Waals surface area contributed by atoms with Gasteiger partial charge in [0.1, 0.15) is 5.69 Å². The van der Waals surface area contributed by atoms with Gasteiger partial charge in [-0.05, 0) is 50.6 Å². The Morgan fingerprint density at radius 3 is 2.12 bits per heavy atom. The van der Waals surface area contributed by atoms with Crippen molar-refractivity contribution in [2.45, 2.75) is 47.7 Å². The molecule has 0 aliphatic heterocycles. The molecule has 1 aromatic carbocycles. The molecule has 0 bridgehead atoms. The van der Waals surface area contributed by atoms with Gasteiger partial charge in [0.15, 0.2) is 5.78 Å². The number of nitrogens with zero attached hydrogens (tertiary/aromatic N) is 1. The van der Waals surface area contributed by atoms with E-state index < -0.39 is 0 Å². The maximum atomic E-state index is 12.5. The summed E-state index contributed by atoms with van der Waals surface area (Å²) >= 11 is 0. The number of aromatic nitrogens is 1. The highest BCUT2D eigenvalue weighted by atomic mass is 16.2. The first-order valence-electron chi connectivity index (χ1n) is 9.15. The number of aromatic amines is 1. The molecule has 0 unspecified atom stereocenters.